The minimum absolute atomic E-state index is 0.00770. The minimum atomic E-state index is -0.698. The topological polar surface area (TPSA) is 102 Å². The summed E-state index contributed by atoms with van der Waals surface area (Å²) >= 11 is 0. The second kappa shape index (κ2) is 6.53. The molecule has 2 heterocycles. The van der Waals surface area contributed by atoms with Gasteiger partial charge in [0.1, 0.15) is 12.2 Å². The maximum absolute atomic E-state index is 12.5. The summed E-state index contributed by atoms with van der Waals surface area (Å²) in [4.78, 5) is 36.1. The highest BCUT2D eigenvalue weighted by Gasteiger charge is 2.16. The number of hydrogen-bond acceptors (Lipinski definition) is 6. The number of carbonyl (C=O) groups is 1. The molecule has 0 amide bonds. The van der Waals surface area contributed by atoms with Crippen LogP contribution in [-0.2, 0) is 11.3 Å². The molecule has 0 aliphatic heterocycles. The molecule has 0 saturated carbocycles. The van der Waals surface area contributed by atoms with E-state index in [2.05, 4.69) is 10.2 Å². The largest absolute Gasteiger partial charge is 0.456 e. The van der Waals surface area contributed by atoms with E-state index in [0.717, 1.165) is 5.56 Å². The number of fused-ring (bicyclic) bond motifs is 2. The molecular formula is C20H14N2O5. The molecule has 0 atom stereocenters. The molecule has 0 aliphatic rings. The highest BCUT2D eigenvalue weighted by Crippen LogP contribution is 2.20. The van der Waals surface area contributed by atoms with Gasteiger partial charge in [-0.15, -0.1) is 0 Å². The summed E-state index contributed by atoms with van der Waals surface area (Å²) in [7, 11) is 0. The van der Waals surface area contributed by atoms with Gasteiger partial charge in [-0.3, -0.25) is 4.79 Å². The monoisotopic (exact) mass is 362 g/mol. The fourth-order valence-electron chi connectivity index (χ4n) is 2.94. The summed E-state index contributed by atoms with van der Waals surface area (Å²) < 4.78 is 10.5. The maximum atomic E-state index is 12.5. The molecular weight excluding hydrogens is 348 g/mol. The number of ether oxygens (including phenoxy) is 1. The van der Waals surface area contributed by atoms with Gasteiger partial charge >= 0.3 is 11.6 Å². The van der Waals surface area contributed by atoms with Crippen LogP contribution in [0.15, 0.2) is 62.5 Å². The van der Waals surface area contributed by atoms with Gasteiger partial charge in [0.15, 0.2) is 5.69 Å². The van der Waals surface area contributed by atoms with Crippen molar-refractivity contribution in [3.05, 3.63) is 86.1 Å². The van der Waals surface area contributed by atoms with Crippen LogP contribution in [0.5, 0.6) is 0 Å². The fourth-order valence-corrected chi connectivity index (χ4v) is 2.94. The average molecular weight is 362 g/mol. The lowest BCUT2D eigenvalue weighted by atomic mass is 10.1. The smallest absolute Gasteiger partial charge is 0.359 e. The Bertz CT molecular complexity index is 1300. The molecule has 134 valence electrons. The molecule has 4 aromatic rings. The van der Waals surface area contributed by atoms with Gasteiger partial charge in [-0.1, -0.05) is 30.3 Å². The van der Waals surface area contributed by atoms with Crippen LogP contribution in [-0.4, -0.2) is 16.2 Å². The predicted molar refractivity (Wildman–Crippen MR) is 98.7 cm³/mol. The van der Waals surface area contributed by atoms with E-state index in [4.69, 9.17) is 9.15 Å². The Hall–Kier alpha value is -3.74. The van der Waals surface area contributed by atoms with Crippen LogP contribution in [0.25, 0.3) is 21.7 Å². The van der Waals surface area contributed by atoms with Crippen LogP contribution in [0.2, 0.25) is 0 Å². The van der Waals surface area contributed by atoms with E-state index in [1.165, 1.54) is 6.07 Å². The zero-order valence-electron chi connectivity index (χ0n) is 14.3. The summed E-state index contributed by atoms with van der Waals surface area (Å²) in [5, 5.41) is 7.55. The lowest BCUT2D eigenvalue weighted by molar-refractivity contribution is 0.0468. The van der Waals surface area contributed by atoms with Gasteiger partial charge < -0.3 is 9.15 Å². The number of carbonyl (C=O) groups excluding carboxylic acids is 1. The van der Waals surface area contributed by atoms with Gasteiger partial charge in [0.05, 0.1) is 5.39 Å². The quantitative estimate of drug-likeness (QED) is 0.444. The predicted octanol–water partition coefficient (Wildman–Crippen LogP) is 2.69. The van der Waals surface area contributed by atoms with Crippen molar-refractivity contribution in [2.24, 2.45) is 0 Å². The van der Waals surface area contributed by atoms with E-state index >= 15 is 0 Å². The van der Waals surface area contributed by atoms with E-state index in [9.17, 15) is 14.4 Å². The van der Waals surface area contributed by atoms with Gasteiger partial charge in [0.2, 0.25) is 0 Å². The summed E-state index contributed by atoms with van der Waals surface area (Å²) in [5.41, 5.74) is 1.01. The molecule has 0 aliphatic carbocycles. The zero-order valence-corrected chi connectivity index (χ0v) is 14.3. The van der Waals surface area contributed by atoms with Crippen molar-refractivity contribution in [3.63, 3.8) is 0 Å². The zero-order chi connectivity index (χ0) is 19.0. The molecule has 0 spiro atoms. The van der Waals surface area contributed by atoms with Crippen LogP contribution < -0.4 is 11.2 Å². The molecule has 1 N–H and O–H groups in total. The fraction of sp³-hybridized carbons (Fsp3) is 0.100. The van der Waals surface area contributed by atoms with E-state index < -0.39 is 11.6 Å². The molecule has 7 heteroatoms. The SMILES string of the molecule is Cc1ccc2c(COC(=O)c3n[nH]c(=O)c4ccccc34)cc(=O)oc2c1. The van der Waals surface area contributed by atoms with Gasteiger partial charge in [-0.2, -0.15) is 5.10 Å². The highest BCUT2D eigenvalue weighted by molar-refractivity contribution is 6.02. The summed E-state index contributed by atoms with van der Waals surface area (Å²) in [6.45, 7) is 1.76. The number of H-pyrrole nitrogens is 1. The third-order valence-electron chi connectivity index (χ3n) is 4.23. The normalized spacial score (nSPS) is 11.0. The number of aromatic amines is 1. The molecule has 0 saturated heterocycles. The first kappa shape index (κ1) is 16.7. The minimum Gasteiger partial charge on any atom is -0.456 e. The summed E-state index contributed by atoms with van der Waals surface area (Å²) in [5.74, 6) is -0.698. The Labute approximate surface area is 152 Å². The van der Waals surface area contributed by atoms with Crippen LogP contribution in [0, 0.1) is 6.92 Å². The van der Waals surface area contributed by atoms with Crippen LogP contribution in [0.3, 0.4) is 0 Å². The first-order valence-corrected chi connectivity index (χ1v) is 8.21. The Morgan fingerprint density at radius 2 is 1.85 bits per heavy atom. The van der Waals surface area contributed by atoms with Gasteiger partial charge in [-0.25, -0.2) is 14.7 Å². The third kappa shape index (κ3) is 3.10. The van der Waals surface area contributed by atoms with Crippen LogP contribution in [0.4, 0.5) is 0 Å². The number of rotatable bonds is 3. The van der Waals surface area contributed by atoms with Crippen LogP contribution in [0.1, 0.15) is 21.6 Å². The molecule has 2 aromatic carbocycles. The van der Waals surface area contributed by atoms with Crippen molar-refractivity contribution < 1.29 is 13.9 Å². The second-order valence-electron chi connectivity index (χ2n) is 6.11. The Morgan fingerprint density at radius 3 is 2.67 bits per heavy atom. The lowest BCUT2D eigenvalue weighted by Crippen LogP contribution is -2.16. The van der Waals surface area contributed by atoms with Crippen molar-refractivity contribution >= 4 is 27.7 Å². The van der Waals surface area contributed by atoms with E-state index in [0.29, 0.717) is 27.3 Å². The number of hydrogen-bond donors (Lipinski definition) is 1. The van der Waals surface area contributed by atoms with Gasteiger partial charge in [0.25, 0.3) is 5.56 Å². The molecule has 0 unspecified atom stereocenters. The molecule has 0 radical (unpaired) electrons. The van der Waals surface area contributed by atoms with Gasteiger partial charge in [0, 0.05) is 22.4 Å². The third-order valence-corrected chi connectivity index (χ3v) is 4.23. The molecule has 0 fully saturated rings. The summed E-state index contributed by atoms with van der Waals surface area (Å²) in [6, 6.07) is 13.4. The van der Waals surface area contributed by atoms with Crippen molar-refractivity contribution in [2.45, 2.75) is 13.5 Å². The number of benzene rings is 2. The van der Waals surface area contributed by atoms with Crippen LogP contribution >= 0.6 is 0 Å². The molecule has 7 nitrogen and oxygen atoms in total. The Kier molecular flexibility index (Phi) is 4.04. The van der Waals surface area contributed by atoms with Crippen molar-refractivity contribution in [2.75, 3.05) is 0 Å². The van der Waals surface area contributed by atoms with E-state index in [-0.39, 0.29) is 17.9 Å². The van der Waals surface area contributed by atoms with E-state index in [1.54, 1.807) is 30.3 Å². The molecule has 2 aromatic heterocycles. The number of esters is 1. The Balaban J connectivity index is 1.68. The van der Waals surface area contributed by atoms with Crippen molar-refractivity contribution in [1.82, 2.24) is 10.2 Å². The average Bonchev–Trinajstić information content (AvgIpc) is 2.66. The standard InChI is InChI=1S/C20H14N2O5/c1-11-6-7-13-12(9-17(23)27-16(13)8-11)10-26-20(25)18-14-4-2-3-5-15(14)19(24)22-21-18/h2-9H,10H2,1H3,(H,22,24). The maximum Gasteiger partial charge on any atom is 0.359 e. The van der Waals surface area contributed by atoms with E-state index in [1.807, 2.05) is 19.1 Å². The molecule has 27 heavy (non-hydrogen) atoms. The second-order valence-corrected chi connectivity index (χ2v) is 6.11. The van der Waals surface area contributed by atoms with Crippen molar-refractivity contribution in [3.8, 4) is 0 Å². The highest BCUT2D eigenvalue weighted by atomic mass is 16.5. The first-order chi connectivity index (χ1) is 13.0. The lowest BCUT2D eigenvalue weighted by Gasteiger charge is -2.08. The molecule has 0 bridgehead atoms. The van der Waals surface area contributed by atoms with Crippen molar-refractivity contribution in [1.29, 1.82) is 0 Å². The number of nitrogens with one attached hydrogen (secondary N) is 1. The number of nitrogens with zero attached hydrogens (tertiary/aromatic N) is 1. The molecule has 4 rings (SSSR count). The number of aromatic nitrogens is 2. The Morgan fingerprint density at radius 1 is 1.07 bits per heavy atom. The number of aryl methyl sites for hydroxylation is 1. The summed E-state index contributed by atoms with van der Waals surface area (Å²) in [6.07, 6.45) is 0. The van der Waals surface area contributed by atoms with Gasteiger partial charge in [-0.05, 0) is 24.6 Å². The first-order valence-electron chi connectivity index (χ1n) is 8.21.